The van der Waals surface area contributed by atoms with Gasteiger partial charge in [-0.15, -0.1) is 0 Å². The molecule has 2 N–H and O–H groups in total. The molecule has 0 aromatic rings. The van der Waals surface area contributed by atoms with E-state index in [2.05, 4.69) is 4.74 Å². The van der Waals surface area contributed by atoms with Crippen molar-refractivity contribution in [3.05, 3.63) is 0 Å². The minimum atomic E-state index is -0.445. The maximum atomic E-state index is 11.3. The monoisotopic (exact) mass is 217 g/mol. The van der Waals surface area contributed by atoms with Gasteiger partial charge in [0.15, 0.2) is 0 Å². The topological polar surface area (TPSA) is 61.5 Å². The van der Waals surface area contributed by atoms with Crippen LogP contribution >= 0.6 is 0 Å². The van der Waals surface area contributed by atoms with Gasteiger partial charge in [0.1, 0.15) is 0 Å². The minimum absolute atomic E-state index is 0.230. The SMILES string of the molecule is COCCC(C)(CC(=O)OC)C(C)(C)N. The van der Waals surface area contributed by atoms with Crippen LogP contribution in [0.3, 0.4) is 0 Å². The van der Waals surface area contributed by atoms with Crippen molar-refractivity contribution in [1.82, 2.24) is 0 Å². The van der Waals surface area contributed by atoms with Gasteiger partial charge in [0.25, 0.3) is 0 Å². The van der Waals surface area contributed by atoms with E-state index < -0.39 is 5.54 Å². The van der Waals surface area contributed by atoms with Crippen molar-refractivity contribution in [2.24, 2.45) is 11.1 Å². The Morgan fingerprint density at radius 3 is 2.13 bits per heavy atom. The quantitative estimate of drug-likeness (QED) is 0.682. The van der Waals surface area contributed by atoms with Gasteiger partial charge in [-0.05, 0) is 25.7 Å². The highest BCUT2D eigenvalue weighted by Crippen LogP contribution is 2.36. The van der Waals surface area contributed by atoms with Crippen LogP contribution in [0.5, 0.6) is 0 Å². The van der Waals surface area contributed by atoms with E-state index in [0.29, 0.717) is 13.0 Å². The van der Waals surface area contributed by atoms with E-state index in [9.17, 15) is 4.79 Å². The summed E-state index contributed by atoms with van der Waals surface area (Å²) in [7, 11) is 3.03. The maximum Gasteiger partial charge on any atom is 0.306 e. The van der Waals surface area contributed by atoms with Gasteiger partial charge in [-0.1, -0.05) is 6.92 Å². The summed E-state index contributed by atoms with van der Waals surface area (Å²) in [6.45, 7) is 6.42. The zero-order chi connectivity index (χ0) is 12.1. The molecule has 0 amide bonds. The van der Waals surface area contributed by atoms with Crippen molar-refractivity contribution < 1.29 is 14.3 Å². The van der Waals surface area contributed by atoms with Crippen LogP contribution < -0.4 is 5.73 Å². The van der Waals surface area contributed by atoms with Gasteiger partial charge in [0, 0.05) is 19.3 Å². The van der Waals surface area contributed by atoms with Crippen LogP contribution in [0.15, 0.2) is 0 Å². The third kappa shape index (κ3) is 4.18. The molecule has 0 aliphatic rings. The van der Waals surface area contributed by atoms with Crippen molar-refractivity contribution in [2.45, 2.75) is 39.2 Å². The van der Waals surface area contributed by atoms with Gasteiger partial charge in [-0.3, -0.25) is 4.79 Å². The number of hydrogen-bond acceptors (Lipinski definition) is 4. The molecule has 0 aliphatic heterocycles. The predicted octanol–water partition coefficient (Wildman–Crippen LogP) is 1.33. The molecule has 0 aromatic carbocycles. The number of carbonyl (C=O) groups excluding carboxylic acids is 1. The minimum Gasteiger partial charge on any atom is -0.469 e. The first-order chi connectivity index (χ1) is 6.77. The maximum absolute atomic E-state index is 11.3. The smallest absolute Gasteiger partial charge is 0.306 e. The Morgan fingerprint density at radius 1 is 1.27 bits per heavy atom. The largest absolute Gasteiger partial charge is 0.469 e. The second kappa shape index (κ2) is 5.47. The number of carbonyl (C=O) groups is 1. The Hall–Kier alpha value is -0.610. The Kier molecular flexibility index (Phi) is 5.24. The molecule has 1 unspecified atom stereocenters. The summed E-state index contributed by atoms with van der Waals surface area (Å²) >= 11 is 0. The van der Waals surface area contributed by atoms with Crippen LogP contribution in [0.1, 0.15) is 33.6 Å². The third-order valence-corrected chi connectivity index (χ3v) is 3.18. The summed E-state index contributed by atoms with van der Waals surface area (Å²) in [6.07, 6.45) is 1.05. The van der Waals surface area contributed by atoms with E-state index in [1.807, 2.05) is 20.8 Å². The molecule has 0 heterocycles. The normalized spacial score (nSPS) is 15.9. The molecule has 0 spiro atoms. The zero-order valence-corrected chi connectivity index (χ0v) is 10.4. The summed E-state index contributed by atoms with van der Waals surface area (Å²) in [6, 6.07) is 0. The van der Waals surface area contributed by atoms with Crippen LogP contribution in [-0.2, 0) is 14.3 Å². The average molecular weight is 217 g/mol. The van der Waals surface area contributed by atoms with Crippen molar-refractivity contribution >= 4 is 5.97 Å². The molecule has 0 rings (SSSR count). The van der Waals surface area contributed by atoms with Crippen LogP contribution in [0.25, 0.3) is 0 Å². The Bertz CT molecular complexity index is 210. The molecular weight excluding hydrogens is 194 g/mol. The fourth-order valence-electron chi connectivity index (χ4n) is 1.36. The summed E-state index contributed by atoms with van der Waals surface area (Å²) in [5.41, 5.74) is 5.34. The average Bonchev–Trinajstić information content (AvgIpc) is 2.12. The van der Waals surface area contributed by atoms with Crippen LogP contribution in [0, 0.1) is 5.41 Å². The number of nitrogens with two attached hydrogens (primary N) is 1. The number of rotatable bonds is 6. The highest BCUT2D eigenvalue weighted by atomic mass is 16.5. The van der Waals surface area contributed by atoms with Gasteiger partial charge < -0.3 is 15.2 Å². The molecule has 4 heteroatoms. The lowest BCUT2D eigenvalue weighted by molar-refractivity contribution is -0.144. The summed E-state index contributed by atoms with van der Waals surface area (Å²) < 4.78 is 9.73. The highest BCUT2D eigenvalue weighted by Gasteiger charge is 2.39. The van der Waals surface area contributed by atoms with Crippen molar-refractivity contribution in [2.75, 3.05) is 20.8 Å². The standard InChI is InChI=1S/C11H23NO3/c1-10(2,12)11(3,6-7-14-4)8-9(13)15-5/h6-8,12H2,1-5H3. The van der Waals surface area contributed by atoms with Crippen LogP contribution in [0.4, 0.5) is 0 Å². The van der Waals surface area contributed by atoms with Crippen molar-refractivity contribution in [1.29, 1.82) is 0 Å². The molecule has 0 saturated heterocycles. The molecule has 0 aromatic heterocycles. The molecule has 1 atom stereocenters. The molecule has 0 fully saturated rings. The first kappa shape index (κ1) is 14.4. The lowest BCUT2D eigenvalue weighted by Gasteiger charge is -2.41. The number of hydrogen-bond donors (Lipinski definition) is 1. The van der Waals surface area contributed by atoms with Crippen LogP contribution in [0.2, 0.25) is 0 Å². The lowest BCUT2D eigenvalue weighted by atomic mass is 9.69. The second-order valence-corrected chi connectivity index (χ2v) is 4.78. The fraction of sp³-hybridized carbons (Fsp3) is 0.909. The lowest BCUT2D eigenvalue weighted by Crippen LogP contribution is -2.50. The first-order valence-corrected chi connectivity index (χ1v) is 5.11. The Labute approximate surface area is 92.1 Å². The van der Waals surface area contributed by atoms with Crippen molar-refractivity contribution in [3.8, 4) is 0 Å². The third-order valence-electron chi connectivity index (χ3n) is 3.18. The molecule has 0 aliphatic carbocycles. The first-order valence-electron chi connectivity index (χ1n) is 5.11. The Morgan fingerprint density at radius 2 is 1.80 bits per heavy atom. The predicted molar refractivity (Wildman–Crippen MR) is 59.5 cm³/mol. The van der Waals surface area contributed by atoms with Gasteiger partial charge >= 0.3 is 5.97 Å². The van der Waals surface area contributed by atoms with Gasteiger partial charge in [-0.25, -0.2) is 0 Å². The summed E-state index contributed by atoms with van der Waals surface area (Å²) in [5.74, 6) is -0.230. The summed E-state index contributed by atoms with van der Waals surface area (Å²) in [4.78, 5) is 11.3. The van der Waals surface area contributed by atoms with E-state index in [-0.39, 0.29) is 11.4 Å². The number of esters is 1. The fourth-order valence-corrected chi connectivity index (χ4v) is 1.36. The molecule has 4 nitrogen and oxygen atoms in total. The molecule has 0 radical (unpaired) electrons. The van der Waals surface area contributed by atoms with Gasteiger partial charge in [0.2, 0.25) is 0 Å². The number of ether oxygens (including phenoxy) is 2. The molecule has 90 valence electrons. The van der Waals surface area contributed by atoms with E-state index in [4.69, 9.17) is 10.5 Å². The van der Waals surface area contributed by atoms with Crippen LogP contribution in [-0.4, -0.2) is 32.3 Å². The highest BCUT2D eigenvalue weighted by molar-refractivity contribution is 5.70. The van der Waals surface area contributed by atoms with Crippen molar-refractivity contribution in [3.63, 3.8) is 0 Å². The van der Waals surface area contributed by atoms with E-state index in [1.54, 1.807) is 7.11 Å². The zero-order valence-electron chi connectivity index (χ0n) is 10.4. The molecule has 0 bridgehead atoms. The second-order valence-electron chi connectivity index (χ2n) is 4.78. The van der Waals surface area contributed by atoms with Gasteiger partial charge in [0.05, 0.1) is 13.5 Å². The Balaban J connectivity index is 4.62. The van der Waals surface area contributed by atoms with E-state index in [0.717, 1.165) is 6.42 Å². The van der Waals surface area contributed by atoms with E-state index >= 15 is 0 Å². The molecular formula is C11H23NO3. The molecule has 15 heavy (non-hydrogen) atoms. The summed E-state index contributed by atoms with van der Waals surface area (Å²) in [5, 5.41) is 0. The van der Waals surface area contributed by atoms with E-state index in [1.165, 1.54) is 7.11 Å². The number of methoxy groups -OCH3 is 2. The van der Waals surface area contributed by atoms with Gasteiger partial charge in [-0.2, -0.15) is 0 Å². The molecule has 0 saturated carbocycles.